The van der Waals surface area contributed by atoms with Gasteiger partial charge in [0.1, 0.15) is 0 Å². The fourth-order valence-electron chi connectivity index (χ4n) is 2.21. The summed E-state index contributed by atoms with van der Waals surface area (Å²) in [4.78, 5) is 19.4. The topological polar surface area (TPSA) is 89.1 Å². The van der Waals surface area contributed by atoms with E-state index >= 15 is 0 Å². The monoisotopic (exact) mass is 259 g/mol. The van der Waals surface area contributed by atoms with Crippen LogP contribution in [0, 0.1) is 19.8 Å². The third kappa shape index (κ3) is 2.21. The predicted molar refractivity (Wildman–Crippen MR) is 65.5 cm³/mol. The van der Waals surface area contributed by atoms with Crippen molar-refractivity contribution >= 4 is 5.97 Å². The molecule has 98 valence electrons. The van der Waals surface area contributed by atoms with Crippen molar-refractivity contribution < 1.29 is 14.4 Å². The molecule has 1 aliphatic carbocycles. The minimum Gasteiger partial charge on any atom is -0.481 e. The van der Waals surface area contributed by atoms with E-state index in [1.54, 1.807) is 0 Å². The molecule has 0 spiro atoms. The SMILES string of the molecule is Cc1cc(-c2noc(C3CC3C(=O)O)n2)cc(C)n1. The van der Waals surface area contributed by atoms with Crippen LogP contribution >= 0.6 is 0 Å². The van der Waals surface area contributed by atoms with E-state index in [9.17, 15) is 4.79 Å². The molecule has 2 aromatic rings. The molecule has 0 aromatic carbocycles. The molecule has 2 heterocycles. The van der Waals surface area contributed by atoms with Crippen molar-refractivity contribution in [1.29, 1.82) is 0 Å². The fourth-order valence-corrected chi connectivity index (χ4v) is 2.21. The Labute approximate surface area is 109 Å². The van der Waals surface area contributed by atoms with Gasteiger partial charge < -0.3 is 9.63 Å². The van der Waals surface area contributed by atoms with E-state index in [0.717, 1.165) is 17.0 Å². The lowest BCUT2D eigenvalue weighted by atomic mass is 10.2. The highest BCUT2D eigenvalue weighted by Crippen LogP contribution is 2.47. The average molecular weight is 259 g/mol. The zero-order valence-corrected chi connectivity index (χ0v) is 10.6. The zero-order valence-electron chi connectivity index (χ0n) is 10.6. The number of aliphatic carboxylic acids is 1. The van der Waals surface area contributed by atoms with E-state index < -0.39 is 5.97 Å². The van der Waals surface area contributed by atoms with Gasteiger partial charge in [-0.15, -0.1) is 0 Å². The number of rotatable bonds is 3. The van der Waals surface area contributed by atoms with Crippen LogP contribution in [0.4, 0.5) is 0 Å². The molecule has 0 amide bonds. The van der Waals surface area contributed by atoms with Gasteiger partial charge in [-0.05, 0) is 32.4 Å². The molecule has 0 aliphatic heterocycles. The Morgan fingerprint density at radius 2 is 2.00 bits per heavy atom. The molecule has 2 aromatic heterocycles. The number of aryl methyl sites for hydroxylation is 2. The van der Waals surface area contributed by atoms with Crippen molar-refractivity contribution in [2.24, 2.45) is 5.92 Å². The minimum absolute atomic E-state index is 0.136. The van der Waals surface area contributed by atoms with E-state index in [1.165, 1.54) is 0 Å². The summed E-state index contributed by atoms with van der Waals surface area (Å²) >= 11 is 0. The number of nitrogens with zero attached hydrogens (tertiary/aromatic N) is 3. The normalized spacial score (nSPS) is 21.4. The van der Waals surface area contributed by atoms with Crippen LogP contribution in [0.1, 0.15) is 29.6 Å². The second kappa shape index (κ2) is 4.15. The molecule has 1 aliphatic rings. The lowest BCUT2D eigenvalue weighted by Gasteiger charge is -1.98. The van der Waals surface area contributed by atoms with Crippen LogP contribution in [0.2, 0.25) is 0 Å². The minimum atomic E-state index is -0.805. The Bertz CT molecular complexity index is 630. The van der Waals surface area contributed by atoms with Crippen molar-refractivity contribution in [2.75, 3.05) is 0 Å². The lowest BCUT2D eigenvalue weighted by molar-refractivity contribution is -0.138. The summed E-state index contributed by atoms with van der Waals surface area (Å²) < 4.78 is 5.16. The first-order valence-corrected chi connectivity index (χ1v) is 6.06. The first-order chi connectivity index (χ1) is 9.04. The summed E-state index contributed by atoms with van der Waals surface area (Å²) in [6.07, 6.45) is 0.575. The first kappa shape index (κ1) is 11.8. The molecule has 0 bridgehead atoms. The summed E-state index contributed by atoms with van der Waals surface area (Å²) in [5, 5.41) is 12.8. The van der Waals surface area contributed by atoms with Gasteiger partial charge in [-0.1, -0.05) is 5.16 Å². The number of hydrogen-bond acceptors (Lipinski definition) is 5. The van der Waals surface area contributed by atoms with Crippen molar-refractivity contribution in [1.82, 2.24) is 15.1 Å². The van der Waals surface area contributed by atoms with Gasteiger partial charge >= 0.3 is 5.97 Å². The van der Waals surface area contributed by atoms with Gasteiger partial charge in [0, 0.05) is 17.0 Å². The average Bonchev–Trinajstić information content (AvgIpc) is 2.98. The lowest BCUT2D eigenvalue weighted by Crippen LogP contribution is -1.99. The molecule has 19 heavy (non-hydrogen) atoms. The molecular formula is C13H13N3O3. The van der Waals surface area contributed by atoms with Crippen LogP contribution in [0.15, 0.2) is 16.7 Å². The van der Waals surface area contributed by atoms with Crippen LogP contribution in [0.3, 0.4) is 0 Å². The molecule has 0 saturated heterocycles. The number of aromatic nitrogens is 3. The maximum atomic E-state index is 10.8. The molecule has 2 atom stereocenters. The van der Waals surface area contributed by atoms with Crippen molar-refractivity contribution in [2.45, 2.75) is 26.2 Å². The van der Waals surface area contributed by atoms with Gasteiger partial charge in [0.25, 0.3) is 0 Å². The van der Waals surface area contributed by atoms with Crippen molar-refractivity contribution in [3.05, 3.63) is 29.4 Å². The van der Waals surface area contributed by atoms with Crippen LogP contribution < -0.4 is 0 Å². The number of pyridine rings is 1. The van der Waals surface area contributed by atoms with Gasteiger partial charge in [-0.2, -0.15) is 4.98 Å². The predicted octanol–water partition coefficient (Wildman–Crippen LogP) is 1.94. The highest BCUT2D eigenvalue weighted by Gasteiger charge is 2.48. The third-order valence-corrected chi connectivity index (χ3v) is 3.21. The fraction of sp³-hybridized carbons (Fsp3) is 0.385. The Morgan fingerprint density at radius 1 is 1.32 bits per heavy atom. The summed E-state index contributed by atoms with van der Waals surface area (Å²) in [7, 11) is 0. The Kier molecular flexibility index (Phi) is 2.58. The van der Waals surface area contributed by atoms with Crippen molar-refractivity contribution in [3.8, 4) is 11.4 Å². The van der Waals surface area contributed by atoms with Crippen LogP contribution in [0.5, 0.6) is 0 Å². The van der Waals surface area contributed by atoms with E-state index in [-0.39, 0.29) is 11.8 Å². The largest absolute Gasteiger partial charge is 0.481 e. The summed E-state index contributed by atoms with van der Waals surface area (Å²) in [6, 6.07) is 3.76. The Hall–Kier alpha value is -2.24. The van der Waals surface area contributed by atoms with E-state index in [1.807, 2.05) is 26.0 Å². The number of hydrogen-bond donors (Lipinski definition) is 1. The summed E-state index contributed by atoms with van der Waals surface area (Å²) in [5.41, 5.74) is 2.61. The molecule has 2 unspecified atom stereocenters. The zero-order chi connectivity index (χ0) is 13.6. The van der Waals surface area contributed by atoms with E-state index in [0.29, 0.717) is 18.1 Å². The van der Waals surface area contributed by atoms with Gasteiger partial charge in [0.15, 0.2) is 0 Å². The molecule has 6 heteroatoms. The maximum Gasteiger partial charge on any atom is 0.307 e. The number of carboxylic acids is 1. The second-order valence-corrected chi connectivity index (χ2v) is 4.88. The molecule has 1 saturated carbocycles. The van der Waals surface area contributed by atoms with Gasteiger partial charge in [-0.3, -0.25) is 9.78 Å². The molecule has 3 rings (SSSR count). The number of carbonyl (C=O) groups is 1. The number of carboxylic acid groups (broad SMARTS) is 1. The smallest absolute Gasteiger partial charge is 0.307 e. The van der Waals surface area contributed by atoms with Crippen molar-refractivity contribution in [3.63, 3.8) is 0 Å². The van der Waals surface area contributed by atoms with E-state index in [4.69, 9.17) is 9.63 Å². The molecule has 1 fully saturated rings. The molecule has 6 nitrogen and oxygen atoms in total. The molecular weight excluding hydrogens is 246 g/mol. The second-order valence-electron chi connectivity index (χ2n) is 4.88. The summed E-state index contributed by atoms with van der Waals surface area (Å²) in [5.74, 6) is -0.425. The quantitative estimate of drug-likeness (QED) is 0.906. The van der Waals surface area contributed by atoms with Gasteiger partial charge in [0.2, 0.25) is 11.7 Å². The van der Waals surface area contributed by atoms with Crippen LogP contribution in [0.25, 0.3) is 11.4 Å². The first-order valence-electron chi connectivity index (χ1n) is 6.06. The standard InChI is InChI=1S/C13H13N3O3/c1-6-3-8(4-7(2)14-6)11-15-12(19-16-11)9-5-10(9)13(17)18/h3-4,9-10H,5H2,1-2H3,(H,17,18). The van der Waals surface area contributed by atoms with Gasteiger partial charge in [0.05, 0.1) is 11.8 Å². The van der Waals surface area contributed by atoms with Crippen LogP contribution in [-0.2, 0) is 4.79 Å². The molecule has 0 radical (unpaired) electrons. The Morgan fingerprint density at radius 3 is 2.58 bits per heavy atom. The summed E-state index contributed by atoms with van der Waals surface area (Å²) in [6.45, 7) is 3.80. The highest BCUT2D eigenvalue weighted by molar-refractivity contribution is 5.74. The highest BCUT2D eigenvalue weighted by atomic mass is 16.5. The van der Waals surface area contributed by atoms with E-state index in [2.05, 4.69) is 15.1 Å². The van der Waals surface area contributed by atoms with Gasteiger partial charge in [-0.25, -0.2) is 0 Å². The third-order valence-electron chi connectivity index (χ3n) is 3.21. The van der Waals surface area contributed by atoms with Crippen LogP contribution in [-0.4, -0.2) is 26.2 Å². The molecule has 1 N–H and O–H groups in total. The Balaban J connectivity index is 1.87. The maximum absolute atomic E-state index is 10.8.